The van der Waals surface area contributed by atoms with E-state index >= 15 is 0 Å². The van der Waals surface area contributed by atoms with Gasteiger partial charge in [0, 0.05) is 16.8 Å². The molecule has 8 nitrogen and oxygen atoms in total. The van der Waals surface area contributed by atoms with Crippen molar-refractivity contribution < 1.29 is 13.2 Å². The van der Waals surface area contributed by atoms with Crippen molar-refractivity contribution in [1.82, 2.24) is 14.7 Å². The Morgan fingerprint density at radius 1 is 0.967 bits per heavy atom. The molecule has 3 rings (SSSR count). The van der Waals surface area contributed by atoms with Gasteiger partial charge in [-0.3, -0.25) is 0 Å². The SMILES string of the molecule is CNS(=O)(=O)c1ccc(OC(C)C)c(Nc2cc(Nc3ccc(Cl)cc3)ncn2)c1. The minimum atomic E-state index is -3.61. The van der Waals surface area contributed by atoms with Gasteiger partial charge in [0.15, 0.2) is 0 Å². The molecule has 0 aliphatic heterocycles. The lowest BCUT2D eigenvalue weighted by atomic mass is 10.2. The highest BCUT2D eigenvalue weighted by Crippen LogP contribution is 2.31. The second-order valence-corrected chi connectivity index (χ2v) is 8.90. The van der Waals surface area contributed by atoms with Gasteiger partial charge in [-0.1, -0.05) is 11.6 Å². The number of ether oxygens (including phenoxy) is 1. The van der Waals surface area contributed by atoms with Crippen LogP contribution in [0.15, 0.2) is 59.8 Å². The second-order valence-electron chi connectivity index (χ2n) is 6.58. The molecule has 0 aliphatic rings. The number of benzene rings is 2. The summed E-state index contributed by atoms with van der Waals surface area (Å²) < 4.78 is 32.5. The summed E-state index contributed by atoms with van der Waals surface area (Å²) in [5.74, 6) is 1.53. The zero-order chi connectivity index (χ0) is 21.7. The molecule has 0 unspecified atom stereocenters. The molecule has 0 fully saturated rings. The fourth-order valence-corrected chi connectivity index (χ4v) is 3.44. The standard InChI is InChI=1S/C20H22ClN5O3S/c1-13(2)29-18-9-8-16(30(27,28)22-3)10-17(18)26-20-11-19(23-12-24-20)25-15-6-4-14(21)5-7-15/h4-13,22H,1-3H3,(H2,23,24,25,26). The van der Waals surface area contributed by atoms with Crippen molar-refractivity contribution in [3.8, 4) is 5.75 Å². The number of sulfonamides is 1. The lowest BCUT2D eigenvalue weighted by molar-refractivity contribution is 0.243. The van der Waals surface area contributed by atoms with Crippen molar-refractivity contribution in [2.75, 3.05) is 17.7 Å². The van der Waals surface area contributed by atoms with E-state index in [0.29, 0.717) is 28.1 Å². The van der Waals surface area contributed by atoms with Crippen LogP contribution in [0.5, 0.6) is 5.75 Å². The summed E-state index contributed by atoms with van der Waals surface area (Å²) in [4.78, 5) is 8.53. The van der Waals surface area contributed by atoms with E-state index in [1.54, 1.807) is 24.3 Å². The Balaban J connectivity index is 1.90. The molecule has 2 aromatic carbocycles. The predicted molar refractivity (Wildman–Crippen MR) is 119 cm³/mol. The lowest BCUT2D eigenvalue weighted by Gasteiger charge is -2.17. The van der Waals surface area contributed by atoms with E-state index in [0.717, 1.165) is 5.69 Å². The van der Waals surface area contributed by atoms with Gasteiger partial charge >= 0.3 is 0 Å². The molecule has 3 N–H and O–H groups in total. The minimum Gasteiger partial charge on any atom is -0.489 e. The van der Waals surface area contributed by atoms with Gasteiger partial charge < -0.3 is 15.4 Å². The minimum absolute atomic E-state index is 0.0927. The third-order valence-corrected chi connectivity index (χ3v) is 5.60. The van der Waals surface area contributed by atoms with Crippen LogP contribution in [0.3, 0.4) is 0 Å². The van der Waals surface area contributed by atoms with E-state index in [1.165, 1.54) is 25.5 Å². The Hall–Kier alpha value is -2.88. The van der Waals surface area contributed by atoms with E-state index in [1.807, 2.05) is 26.0 Å². The summed E-state index contributed by atoms with van der Waals surface area (Å²) in [5, 5.41) is 6.92. The first-order valence-electron chi connectivity index (χ1n) is 9.13. The molecule has 30 heavy (non-hydrogen) atoms. The van der Waals surface area contributed by atoms with Crippen LogP contribution in [-0.2, 0) is 10.0 Å². The van der Waals surface area contributed by atoms with Crippen LogP contribution in [0.1, 0.15) is 13.8 Å². The topological polar surface area (TPSA) is 105 Å². The van der Waals surface area contributed by atoms with E-state index in [4.69, 9.17) is 16.3 Å². The van der Waals surface area contributed by atoms with Crippen LogP contribution in [-0.4, -0.2) is 31.5 Å². The normalized spacial score (nSPS) is 11.4. The zero-order valence-electron chi connectivity index (χ0n) is 16.7. The molecular formula is C20H22ClN5O3S. The Kier molecular flexibility index (Phi) is 6.76. The van der Waals surface area contributed by atoms with Crippen LogP contribution < -0.4 is 20.1 Å². The van der Waals surface area contributed by atoms with Crippen molar-refractivity contribution in [2.45, 2.75) is 24.8 Å². The number of nitrogens with one attached hydrogen (secondary N) is 3. The molecule has 0 aliphatic carbocycles. The highest BCUT2D eigenvalue weighted by molar-refractivity contribution is 7.89. The van der Waals surface area contributed by atoms with Crippen LogP contribution >= 0.6 is 11.6 Å². The van der Waals surface area contributed by atoms with Crippen molar-refractivity contribution in [3.05, 3.63) is 59.9 Å². The van der Waals surface area contributed by atoms with Gasteiger partial charge in [-0.15, -0.1) is 0 Å². The molecule has 0 bridgehead atoms. The smallest absolute Gasteiger partial charge is 0.240 e. The van der Waals surface area contributed by atoms with Crippen LogP contribution in [0.4, 0.5) is 23.0 Å². The van der Waals surface area contributed by atoms with Gasteiger partial charge in [-0.05, 0) is 63.4 Å². The first-order valence-corrected chi connectivity index (χ1v) is 11.0. The van der Waals surface area contributed by atoms with Crippen molar-refractivity contribution in [2.24, 2.45) is 0 Å². The number of aromatic nitrogens is 2. The number of halogens is 1. The van der Waals surface area contributed by atoms with E-state index in [-0.39, 0.29) is 11.0 Å². The second kappa shape index (κ2) is 9.29. The summed E-state index contributed by atoms with van der Waals surface area (Å²) in [5.41, 5.74) is 1.28. The van der Waals surface area contributed by atoms with Gasteiger partial charge in [-0.25, -0.2) is 23.1 Å². The number of rotatable bonds is 8. The third-order valence-electron chi connectivity index (χ3n) is 3.94. The number of hydrogen-bond acceptors (Lipinski definition) is 7. The van der Waals surface area contributed by atoms with Crippen molar-refractivity contribution >= 4 is 44.6 Å². The average Bonchev–Trinajstić information content (AvgIpc) is 2.71. The molecule has 0 amide bonds. The molecule has 1 heterocycles. The molecule has 3 aromatic rings. The van der Waals surface area contributed by atoms with Crippen molar-refractivity contribution in [3.63, 3.8) is 0 Å². The van der Waals surface area contributed by atoms with Crippen molar-refractivity contribution in [1.29, 1.82) is 0 Å². The molecule has 158 valence electrons. The van der Waals surface area contributed by atoms with E-state index in [2.05, 4.69) is 25.3 Å². The monoisotopic (exact) mass is 447 g/mol. The summed E-state index contributed by atoms with van der Waals surface area (Å²) in [6, 6.07) is 13.5. The molecule has 0 saturated carbocycles. The molecule has 0 saturated heterocycles. The first-order chi connectivity index (χ1) is 14.3. The third kappa shape index (κ3) is 5.59. The maximum absolute atomic E-state index is 12.2. The molecule has 0 atom stereocenters. The lowest BCUT2D eigenvalue weighted by Crippen LogP contribution is -2.19. The number of anilines is 4. The number of hydrogen-bond donors (Lipinski definition) is 3. The summed E-state index contributed by atoms with van der Waals surface area (Å²) in [6.07, 6.45) is 1.31. The highest BCUT2D eigenvalue weighted by atomic mass is 35.5. The van der Waals surface area contributed by atoms with Gasteiger partial charge in [0.25, 0.3) is 0 Å². The van der Waals surface area contributed by atoms with Gasteiger partial charge in [0.05, 0.1) is 16.7 Å². The Morgan fingerprint density at radius 2 is 1.63 bits per heavy atom. The van der Waals surface area contributed by atoms with E-state index < -0.39 is 10.0 Å². The van der Waals surface area contributed by atoms with Gasteiger partial charge in [-0.2, -0.15) is 0 Å². The Morgan fingerprint density at radius 3 is 2.27 bits per heavy atom. The fourth-order valence-electron chi connectivity index (χ4n) is 2.56. The summed E-state index contributed by atoms with van der Waals surface area (Å²) in [6.45, 7) is 3.78. The maximum atomic E-state index is 12.2. The molecule has 1 aromatic heterocycles. The Labute approximate surface area is 180 Å². The molecule has 10 heteroatoms. The van der Waals surface area contributed by atoms with Crippen LogP contribution in [0.2, 0.25) is 5.02 Å². The van der Waals surface area contributed by atoms with Crippen LogP contribution in [0.25, 0.3) is 0 Å². The molecule has 0 spiro atoms. The van der Waals surface area contributed by atoms with Crippen LogP contribution in [0, 0.1) is 0 Å². The summed E-state index contributed by atoms with van der Waals surface area (Å²) >= 11 is 5.91. The Bertz CT molecular complexity index is 1120. The largest absolute Gasteiger partial charge is 0.489 e. The number of nitrogens with zero attached hydrogens (tertiary/aromatic N) is 2. The highest BCUT2D eigenvalue weighted by Gasteiger charge is 2.16. The first kappa shape index (κ1) is 21.8. The summed E-state index contributed by atoms with van der Waals surface area (Å²) in [7, 11) is -2.25. The predicted octanol–water partition coefficient (Wildman–Crippen LogP) is 4.31. The van der Waals surface area contributed by atoms with Gasteiger partial charge in [0.1, 0.15) is 23.7 Å². The van der Waals surface area contributed by atoms with Gasteiger partial charge in [0.2, 0.25) is 10.0 Å². The fraction of sp³-hybridized carbons (Fsp3) is 0.200. The quantitative estimate of drug-likeness (QED) is 0.472. The van der Waals surface area contributed by atoms with E-state index in [9.17, 15) is 8.42 Å². The molecular weight excluding hydrogens is 426 g/mol. The maximum Gasteiger partial charge on any atom is 0.240 e. The average molecular weight is 448 g/mol. The molecule has 0 radical (unpaired) electrons. The zero-order valence-corrected chi connectivity index (χ0v) is 18.3.